The summed E-state index contributed by atoms with van der Waals surface area (Å²) in [5, 5.41) is 2.65. The number of nitrogens with zero attached hydrogens (tertiary/aromatic N) is 4. The number of carbonyl (C=O) groups excluding carboxylic acids is 1. The van der Waals surface area contributed by atoms with E-state index in [-0.39, 0.29) is 11.8 Å². The molecular weight excluding hydrogens is 354 g/mol. The number of urea groups is 1. The van der Waals surface area contributed by atoms with Gasteiger partial charge in [-0.2, -0.15) is 13.2 Å². The topological polar surface area (TPSA) is 61.4 Å². The molecule has 1 aliphatic heterocycles. The zero-order chi connectivity index (χ0) is 18.7. The van der Waals surface area contributed by atoms with E-state index in [0.717, 1.165) is 12.4 Å². The highest BCUT2D eigenvalue weighted by Crippen LogP contribution is 2.29. The van der Waals surface area contributed by atoms with Crippen LogP contribution in [0.25, 0.3) is 0 Å². The summed E-state index contributed by atoms with van der Waals surface area (Å²) in [4.78, 5) is 22.5. The van der Waals surface area contributed by atoms with Gasteiger partial charge in [-0.3, -0.25) is 0 Å². The average molecular weight is 369 g/mol. The van der Waals surface area contributed by atoms with E-state index in [4.69, 9.17) is 0 Å². The maximum Gasteiger partial charge on any atom is 0.433 e. The predicted molar refractivity (Wildman–Crippen MR) is 86.2 cm³/mol. The maximum absolute atomic E-state index is 12.9. The van der Waals surface area contributed by atoms with Gasteiger partial charge in [0.15, 0.2) is 0 Å². The molecule has 1 fully saturated rings. The monoisotopic (exact) mass is 369 g/mol. The van der Waals surface area contributed by atoms with Crippen molar-refractivity contribution >= 4 is 17.5 Å². The van der Waals surface area contributed by atoms with Gasteiger partial charge in [0.25, 0.3) is 0 Å². The maximum atomic E-state index is 12.9. The number of amides is 2. The smallest absolute Gasteiger partial charge is 0.353 e. The highest BCUT2D eigenvalue weighted by Gasteiger charge is 2.33. The Bertz CT molecular complexity index is 773. The fourth-order valence-corrected chi connectivity index (χ4v) is 2.55. The van der Waals surface area contributed by atoms with Gasteiger partial charge in [0, 0.05) is 37.9 Å². The van der Waals surface area contributed by atoms with Gasteiger partial charge < -0.3 is 15.1 Å². The largest absolute Gasteiger partial charge is 0.433 e. The summed E-state index contributed by atoms with van der Waals surface area (Å²) in [5.41, 5.74) is -0.538. The van der Waals surface area contributed by atoms with Crippen molar-refractivity contribution in [3.63, 3.8) is 0 Å². The Labute approximate surface area is 146 Å². The van der Waals surface area contributed by atoms with Crippen molar-refractivity contribution in [1.29, 1.82) is 0 Å². The lowest BCUT2D eigenvalue weighted by Gasteiger charge is -2.35. The van der Waals surface area contributed by atoms with Gasteiger partial charge in [0.05, 0.1) is 0 Å². The molecule has 3 rings (SSSR count). The lowest BCUT2D eigenvalue weighted by atomic mass is 10.3. The second-order valence-corrected chi connectivity index (χ2v) is 5.67. The number of hydrogen-bond acceptors (Lipinski definition) is 4. The molecule has 1 aromatic heterocycles. The van der Waals surface area contributed by atoms with Crippen molar-refractivity contribution in [2.24, 2.45) is 0 Å². The number of alkyl halides is 3. The van der Waals surface area contributed by atoms with Crippen LogP contribution in [-0.2, 0) is 6.18 Å². The fraction of sp³-hybridized carbons (Fsp3) is 0.312. The molecule has 0 unspecified atom stereocenters. The fourth-order valence-electron chi connectivity index (χ4n) is 2.55. The van der Waals surface area contributed by atoms with E-state index in [1.807, 2.05) is 0 Å². The van der Waals surface area contributed by atoms with Gasteiger partial charge in [-0.25, -0.2) is 19.2 Å². The molecule has 0 radical (unpaired) electrons. The minimum Gasteiger partial charge on any atom is -0.353 e. The number of carbonyl (C=O) groups is 1. The number of benzene rings is 1. The molecule has 2 heterocycles. The summed E-state index contributed by atoms with van der Waals surface area (Å²) < 4.78 is 51.1. The van der Waals surface area contributed by atoms with E-state index in [1.165, 1.54) is 29.2 Å². The zero-order valence-corrected chi connectivity index (χ0v) is 13.5. The molecule has 0 bridgehead atoms. The summed E-state index contributed by atoms with van der Waals surface area (Å²) in [7, 11) is 0. The van der Waals surface area contributed by atoms with Crippen molar-refractivity contribution in [1.82, 2.24) is 14.9 Å². The summed E-state index contributed by atoms with van der Waals surface area (Å²) in [6.45, 7) is 1.31. The van der Waals surface area contributed by atoms with Crippen LogP contribution in [0.1, 0.15) is 5.69 Å². The number of aromatic nitrogens is 2. The Kier molecular flexibility index (Phi) is 4.92. The minimum absolute atomic E-state index is 0.172. The van der Waals surface area contributed by atoms with E-state index in [9.17, 15) is 22.4 Å². The lowest BCUT2D eigenvalue weighted by molar-refractivity contribution is -0.141. The Morgan fingerprint density at radius 1 is 1.04 bits per heavy atom. The van der Waals surface area contributed by atoms with Gasteiger partial charge in [-0.1, -0.05) is 0 Å². The molecular formula is C16H15F4N5O. The molecule has 0 spiro atoms. The number of hydrogen-bond donors (Lipinski definition) is 1. The first kappa shape index (κ1) is 17.9. The molecule has 0 saturated carbocycles. The Balaban J connectivity index is 1.59. The van der Waals surface area contributed by atoms with E-state index in [0.29, 0.717) is 31.9 Å². The molecule has 1 N–H and O–H groups in total. The van der Waals surface area contributed by atoms with Crippen molar-refractivity contribution < 1.29 is 22.4 Å². The SMILES string of the molecule is O=C(Nc1ccc(F)cc1)N1CCN(c2cc(C(F)(F)F)ncn2)CC1. The number of piperazine rings is 1. The molecule has 0 aliphatic carbocycles. The van der Waals surface area contributed by atoms with E-state index in [2.05, 4.69) is 15.3 Å². The van der Waals surface area contributed by atoms with Gasteiger partial charge >= 0.3 is 12.2 Å². The molecule has 1 aromatic carbocycles. The molecule has 0 atom stereocenters. The van der Waals surface area contributed by atoms with Gasteiger partial charge in [-0.05, 0) is 24.3 Å². The van der Waals surface area contributed by atoms with Crippen molar-refractivity contribution in [2.75, 3.05) is 36.4 Å². The average Bonchev–Trinajstić information content (AvgIpc) is 2.63. The number of halogens is 4. The van der Waals surface area contributed by atoms with Crippen LogP contribution in [-0.4, -0.2) is 47.1 Å². The zero-order valence-electron chi connectivity index (χ0n) is 13.5. The molecule has 26 heavy (non-hydrogen) atoms. The van der Waals surface area contributed by atoms with Crippen LogP contribution in [0, 0.1) is 5.82 Å². The summed E-state index contributed by atoms with van der Waals surface area (Å²) in [5.74, 6) is -0.231. The molecule has 138 valence electrons. The highest BCUT2D eigenvalue weighted by atomic mass is 19.4. The van der Waals surface area contributed by atoms with Crippen molar-refractivity contribution in [3.05, 3.63) is 48.2 Å². The second-order valence-electron chi connectivity index (χ2n) is 5.67. The number of nitrogens with one attached hydrogen (secondary N) is 1. The van der Waals surface area contributed by atoms with Gasteiger partial charge in [-0.15, -0.1) is 0 Å². The summed E-state index contributed by atoms with van der Waals surface area (Å²) in [6.07, 6.45) is -3.65. The first-order valence-electron chi connectivity index (χ1n) is 7.78. The lowest BCUT2D eigenvalue weighted by Crippen LogP contribution is -2.50. The third-order valence-corrected chi connectivity index (χ3v) is 3.93. The van der Waals surface area contributed by atoms with Crippen LogP contribution in [0.3, 0.4) is 0 Å². The Morgan fingerprint density at radius 2 is 1.69 bits per heavy atom. The van der Waals surface area contributed by atoms with Crippen LogP contribution in [0.2, 0.25) is 0 Å². The van der Waals surface area contributed by atoms with Gasteiger partial charge in [0.2, 0.25) is 0 Å². The third-order valence-electron chi connectivity index (χ3n) is 3.93. The second kappa shape index (κ2) is 7.14. The van der Waals surface area contributed by atoms with Crippen LogP contribution < -0.4 is 10.2 Å². The quantitative estimate of drug-likeness (QED) is 0.827. The molecule has 2 amide bonds. The van der Waals surface area contributed by atoms with Crippen LogP contribution in [0.15, 0.2) is 36.7 Å². The molecule has 2 aromatic rings. The summed E-state index contributed by atoms with van der Waals surface area (Å²) in [6, 6.07) is 5.91. The molecule has 1 aliphatic rings. The number of rotatable bonds is 2. The standard InChI is InChI=1S/C16H15F4N5O/c17-11-1-3-12(4-2-11)23-15(26)25-7-5-24(6-8-25)14-9-13(16(18,19)20)21-10-22-14/h1-4,9-10H,5-8H2,(H,23,26). The van der Waals surface area contributed by atoms with E-state index < -0.39 is 17.7 Å². The molecule has 10 heteroatoms. The molecule has 1 saturated heterocycles. The highest BCUT2D eigenvalue weighted by molar-refractivity contribution is 5.89. The van der Waals surface area contributed by atoms with Gasteiger partial charge in [0.1, 0.15) is 23.7 Å². The Morgan fingerprint density at radius 3 is 2.31 bits per heavy atom. The first-order chi connectivity index (χ1) is 12.3. The number of anilines is 2. The van der Waals surface area contributed by atoms with E-state index >= 15 is 0 Å². The predicted octanol–water partition coefficient (Wildman–Crippen LogP) is 2.99. The van der Waals surface area contributed by atoms with E-state index in [1.54, 1.807) is 4.90 Å². The minimum atomic E-state index is -4.53. The van der Waals surface area contributed by atoms with Crippen molar-refractivity contribution in [3.8, 4) is 0 Å². The first-order valence-corrected chi connectivity index (χ1v) is 7.78. The Hall–Kier alpha value is -2.91. The molecule has 6 nitrogen and oxygen atoms in total. The normalized spacial score (nSPS) is 15.1. The van der Waals surface area contributed by atoms with Crippen molar-refractivity contribution in [2.45, 2.75) is 6.18 Å². The van der Waals surface area contributed by atoms with Crippen LogP contribution in [0.5, 0.6) is 0 Å². The summed E-state index contributed by atoms with van der Waals surface area (Å²) >= 11 is 0. The van der Waals surface area contributed by atoms with Crippen LogP contribution >= 0.6 is 0 Å². The van der Waals surface area contributed by atoms with Crippen LogP contribution in [0.4, 0.5) is 33.9 Å². The third kappa shape index (κ3) is 4.19.